The topological polar surface area (TPSA) is 76.3 Å². The van der Waals surface area contributed by atoms with Gasteiger partial charge in [0.05, 0.1) is 4.90 Å². The molecule has 1 fully saturated rings. The van der Waals surface area contributed by atoms with Crippen molar-refractivity contribution in [3.05, 3.63) is 30.2 Å². The number of aromatic nitrogens is 2. The largest absolute Gasteiger partial charge is 0.339 e. The first-order valence-electron chi connectivity index (χ1n) is 6.48. The molecule has 0 atom stereocenters. The highest BCUT2D eigenvalue weighted by Crippen LogP contribution is 2.24. The van der Waals surface area contributed by atoms with Gasteiger partial charge in [0.2, 0.25) is 21.7 Å². The van der Waals surface area contributed by atoms with Crippen LogP contribution in [0.15, 0.2) is 33.7 Å². The summed E-state index contributed by atoms with van der Waals surface area (Å²) in [6.07, 6.45) is 1.84. The summed E-state index contributed by atoms with van der Waals surface area (Å²) in [5, 5.41) is 3.81. The van der Waals surface area contributed by atoms with E-state index in [0.29, 0.717) is 30.4 Å². The van der Waals surface area contributed by atoms with E-state index >= 15 is 0 Å². The van der Waals surface area contributed by atoms with E-state index in [1.54, 1.807) is 31.2 Å². The van der Waals surface area contributed by atoms with E-state index < -0.39 is 10.0 Å². The fraction of sp³-hybridized carbons (Fsp3) is 0.385. The molecule has 20 heavy (non-hydrogen) atoms. The fourth-order valence-corrected chi connectivity index (χ4v) is 3.85. The Balaban J connectivity index is 1.99. The summed E-state index contributed by atoms with van der Waals surface area (Å²) in [4.78, 5) is 4.39. The molecule has 1 aliphatic rings. The molecule has 0 unspecified atom stereocenters. The van der Waals surface area contributed by atoms with Crippen molar-refractivity contribution in [2.45, 2.75) is 24.7 Å². The molecular formula is C13H15N3O3S. The average molecular weight is 293 g/mol. The predicted octanol–water partition coefficient (Wildman–Crippen LogP) is 1.83. The molecule has 2 heterocycles. The van der Waals surface area contributed by atoms with Gasteiger partial charge in [-0.05, 0) is 25.0 Å². The predicted molar refractivity (Wildman–Crippen MR) is 72.5 cm³/mol. The summed E-state index contributed by atoms with van der Waals surface area (Å²) in [5.74, 6) is 0.855. The van der Waals surface area contributed by atoms with Gasteiger partial charge in [0.15, 0.2) is 0 Å². The average Bonchev–Trinajstić information content (AvgIpc) is 3.10. The van der Waals surface area contributed by atoms with Gasteiger partial charge in [-0.1, -0.05) is 17.3 Å². The number of nitrogens with zero attached hydrogens (tertiary/aromatic N) is 3. The van der Waals surface area contributed by atoms with Crippen LogP contribution in [0.5, 0.6) is 0 Å². The molecule has 0 amide bonds. The van der Waals surface area contributed by atoms with Gasteiger partial charge >= 0.3 is 0 Å². The maximum absolute atomic E-state index is 12.5. The van der Waals surface area contributed by atoms with Crippen LogP contribution in [0.2, 0.25) is 0 Å². The van der Waals surface area contributed by atoms with E-state index in [4.69, 9.17) is 4.52 Å². The Morgan fingerprint density at radius 2 is 2.00 bits per heavy atom. The minimum Gasteiger partial charge on any atom is -0.339 e. The monoisotopic (exact) mass is 293 g/mol. The lowest BCUT2D eigenvalue weighted by molar-refractivity contribution is 0.394. The molecule has 0 saturated carbocycles. The van der Waals surface area contributed by atoms with E-state index in [2.05, 4.69) is 10.1 Å². The molecule has 6 nitrogen and oxygen atoms in total. The number of hydrogen-bond acceptors (Lipinski definition) is 5. The minimum atomic E-state index is -3.42. The van der Waals surface area contributed by atoms with Gasteiger partial charge < -0.3 is 4.52 Å². The molecule has 1 aromatic heterocycles. The second-order valence-electron chi connectivity index (χ2n) is 4.78. The number of hydrogen-bond donors (Lipinski definition) is 0. The van der Waals surface area contributed by atoms with Crippen LogP contribution in [0, 0.1) is 6.92 Å². The van der Waals surface area contributed by atoms with Crippen molar-refractivity contribution in [3.8, 4) is 11.4 Å². The van der Waals surface area contributed by atoms with Gasteiger partial charge in [0.1, 0.15) is 0 Å². The molecule has 1 aromatic carbocycles. The molecule has 3 rings (SSSR count). The molecule has 1 aliphatic heterocycles. The van der Waals surface area contributed by atoms with Crippen LogP contribution in [0.3, 0.4) is 0 Å². The highest BCUT2D eigenvalue weighted by molar-refractivity contribution is 7.89. The van der Waals surface area contributed by atoms with Crippen LogP contribution in [-0.4, -0.2) is 36.0 Å². The molecular weight excluding hydrogens is 278 g/mol. The summed E-state index contributed by atoms with van der Waals surface area (Å²) in [6, 6.07) is 6.67. The Hall–Kier alpha value is -1.73. The molecule has 0 bridgehead atoms. The fourth-order valence-electron chi connectivity index (χ4n) is 2.29. The zero-order valence-electron chi connectivity index (χ0n) is 11.1. The number of aryl methyl sites for hydroxylation is 1. The normalized spacial score (nSPS) is 16.6. The zero-order valence-corrected chi connectivity index (χ0v) is 11.9. The number of benzene rings is 1. The lowest BCUT2D eigenvalue weighted by Crippen LogP contribution is -2.27. The third-order valence-corrected chi connectivity index (χ3v) is 5.22. The summed E-state index contributed by atoms with van der Waals surface area (Å²) in [5.41, 5.74) is 0.641. The number of rotatable bonds is 3. The molecule has 0 radical (unpaired) electrons. The Labute approximate surface area is 117 Å². The molecule has 0 spiro atoms. The lowest BCUT2D eigenvalue weighted by atomic mass is 10.2. The van der Waals surface area contributed by atoms with Crippen LogP contribution >= 0.6 is 0 Å². The van der Waals surface area contributed by atoms with E-state index in [1.807, 2.05) is 0 Å². The van der Waals surface area contributed by atoms with Gasteiger partial charge in [-0.2, -0.15) is 9.29 Å². The molecule has 106 valence electrons. The van der Waals surface area contributed by atoms with Gasteiger partial charge in [-0.15, -0.1) is 0 Å². The first-order valence-corrected chi connectivity index (χ1v) is 7.92. The maximum Gasteiger partial charge on any atom is 0.243 e. The van der Waals surface area contributed by atoms with Crippen molar-refractivity contribution in [2.24, 2.45) is 0 Å². The van der Waals surface area contributed by atoms with Crippen molar-refractivity contribution in [3.63, 3.8) is 0 Å². The van der Waals surface area contributed by atoms with Crippen LogP contribution in [0.4, 0.5) is 0 Å². The SMILES string of the molecule is Cc1nc(-c2cccc(S(=O)(=O)N3CCCC3)c2)no1. The molecule has 7 heteroatoms. The number of sulfonamides is 1. The third kappa shape index (κ3) is 2.34. The zero-order chi connectivity index (χ0) is 14.2. The van der Waals surface area contributed by atoms with Crippen LogP contribution in [0.1, 0.15) is 18.7 Å². The molecule has 2 aromatic rings. The maximum atomic E-state index is 12.5. The van der Waals surface area contributed by atoms with E-state index in [0.717, 1.165) is 12.8 Å². The lowest BCUT2D eigenvalue weighted by Gasteiger charge is -2.15. The quantitative estimate of drug-likeness (QED) is 0.863. The van der Waals surface area contributed by atoms with Gasteiger partial charge in [-0.25, -0.2) is 8.42 Å². The Morgan fingerprint density at radius 3 is 2.65 bits per heavy atom. The Morgan fingerprint density at radius 1 is 1.25 bits per heavy atom. The second kappa shape index (κ2) is 4.99. The van der Waals surface area contributed by atoms with Crippen LogP contribution < -0.4 is 0 Å². The summed E-state index contributed by atoms with van der Waals surface area (Å²) in [6.45, 7) is 2.88. The van der Waals surface area contributed by atoms with Gasteiger partial charge in [-0.3, -0.25) is 0 Å². The molecule has 0 aliphatic carbocycles. The Bertz CT molecular complexity index is 718. The minimum absolute atomic E-state index is 0.277. The highest BCUT2D eigenvalue weighted by Gasteiger charge is 2.27. The third-order valence-electron chi connectivity index (χ3n) is 3.32. The van der Waals surface area contributed by atoms with Crippen molar-refractivity contribution < 1.29 is 12.9 Å². The van der Waals surface area contributed by atoms with Crippen LogP contribution in [0.25, 0.3) is 11.4 Å². The summed E-state index contributed by atoms with van der Waals surface area (Å²) < 4.78 is 31.4. The second-order valence-corrected chi connectivity index (χ2v) is 6.71. The van der Waals surface area contributed by atoms with Gasteiger partial charge in [0, 0.05) is 25.6 Å². The Kier molecular flexibility index (Phi) is 3.31. The standard InChI is InChI=1S/C13H15N3O3S/c1-10-14-13(15-19-10)11-5-4-6-12(9-11)20(17,18)16-7-2-3-8-16/h4-6,9H,2-3,7-8H2,1H3. The van der Waals surface area contributed by atoms with E-state index in [1.165, 1.54) is 4.31 Å². The van der Waals surface area contributed by atoms with Crippen LogP contribution in [-0.2, 0) is 10.0 Å². The smallest absolute Gasteiger partial charge is 0.243 e. The van der Waals surface area contributed by atoms with Crippen molar-refractivity contribution >= 4 is 10.0 Å². The van der Waals surface area contributed by atoms with Gasteiger partial charge in [0.25, 0.3) is 0 Å². The van der Waals surface area contributed by atoms with Crippen molar-refractivity contribution in [1.29, 1.82) is 0 Å². The first-order chi connectivity index (χ1) is 9.57. The molecule has 0 N–H and O–H groups in total. The molecule has 1 saturated heterocycles. The summed E-state index contributed by atoms with van der Waals surface area (Å²) in [7, 11) is -3.42. The summed E-state index contributed by atoms with van der Waals surface area (Å²) >= 11 is 0. The van der Waals surface area contributed by atoms with Crippen molar-refractivity contribution in [1.82, 2.24) is 14.4 Å². The van der Waals surface area contributed by atoms with E-state index in [-0.39, 0.29) is 4.90 Å². The highest BCUT2D eigenvalue weighted by atomic mass is 32.2. The van der Waals surface area contributed by atoms with Crippen molar-refractivity contribution in [2.75, 3.05) is 13.1 Å². The first kappa shape index (κ1) is 13.3. The van der Waals surface area contributed by atoms with E-state index in [9.17, 15) is 8.42 Å².